The zero-order chi connectivity index (χ0) is 16.2. The molecule has 2 aromatic rings. The van der Waals surface area contributed by atoms with Crippen molar-refractivity contribution in [2.24, 2.45) is 0 Å². The first kappa shape index (κ1) is 16.1. The van der Waals surface area contributed by atoms with E-state index in [4.69, 9.17) is 27.9 Å². The van der Waals surface area contributed by atoms with Crippen LogP contribution in [0.2, 0.25) is 10.6 Å². The molecule has 1 fully saturated rings. The molecule has 0 aliphatic carbocycles. The molecule has 10 heteroatoms. The van der Waals surface area contributed by atoms with Crippen LogP contribution in [-0.4, -0.2) is 58.2 Å². The predicted octanol–water partition coefficient (Wildman–Crippen LogP) is 1.44. The number of hydrogen-bond donors (Lipinski definition) is 0. The molecule has 3 heterocycles. The van der Waals surface area contributed by atoms with Gasteiger partial charge in [0.15, 0.2) is 5.82 Å². The number of rotatable bonds is 4. The molecule has 1 saturated heterocycles. The molecule has 0 unspecified atom stereocenters. The van der Waals surface area contributed by atoms with Crippen molar-refractivity contribution >= 4 is 35.0 Å². The summed E-state index contributed by atoms with van der Waals surface area (Å²) in [6, 6.07) is 1.89. The Labute approximate surface area is 143 Å². The van der Waals surface area contributed by atoms with Crippen LogP contribution in [0.15, 0.2) is 12.3 Å². The Hall–Kier alpha value is -1.77. The largest absolute Gasteiger partial charge is 0.377 e. The molecule has 0 amide bonds. The van der Waals surface area contributed by atoms with Crippen LogP contribution in [0.5, 0.6) is 0 Å². The summed E-state index contributed by atoms with van der Waals surface area (Å²) in [4.78, 5) is 24.9. The lowest BCUT2D eigenvalue weighted by atomic mass is 10.3. The topological polar surface area (TPSA) is 80.2 Å². The van der Waals surface area contributed by atoms with E-state index in [2.05, 4.69) is 29.8 Å². The highest BCUT2D eigenvalue weighted by molar-refractivity contribution is 6.31. The lowest BCUT2D eigenvalue weighted by molar-refractivity contribution is 0.178. The van der Waals surface area contributed by atoms with Gasteiger partial charge in [0.1, 0.15) is 12.4 Å². The van der Waals surface area contributed by atoms with Crippen molar-refractivity contribution in [1.82, 2.24) is 24.9 Å². The lowest BCUT2D eigenvalue weighted by Crippen LogP contribution is -2.47. The Morgan fingerprint density at radius 2 is 1.65 bits per heavy atom. The van der Waals surface area contributed by atoms with Crippen LogP contribution >= 0.6 is 23.2 Å². The van der Waals surface area contributed by atoms with Crippen molar-refractivity contribution in [2.75, 3.05) is 43.1 Å². The maximum absolute atomic E-state index is 5.83. The SMILES string of the molecule is COCc1nccc(N2CCN(c3nc(Cl)nc(Cl)n3)CC2)n1. The molecule has 0 saturated carbocycles. The minimum absolute atomic E-state index is 0.0995. The van der Waals surface area contributed by atoms with E-state index in [1.54, 1.807) is 13.3 Å². The van der Waals surface area contributed by atoms with Gasteiger partial charge in [-0.25, -0.2) is 9.97 Å². The second kappa shape index (κ2) is 7.20. The van der Waals surface area contributed by atoms with Crippen LogP contribution in [-0.2, 0) is 11.3 Å². The van der Waals surface area contributed by atoms with Crippen molar-refractivity contribution in [3.05, 3.63) is 28.7 Å². The average Bonchev–Trinajstić information content (AvgIpc) is 2.55. The molecule has 3 rings (SSSR count). The minimum atomic E-state index is 0.0995. The summed E-state index contributed by atoms with van der Waals surface area (Å²) in [5.74, 6) is 2.05. The Bertz CT molecular complexity index is 659. The van der Waals surface area contributed by atoms with Gasteiger partial charge in [0.05, 0.1) is 0 Å². The summed E-state index contributed by atoms with van der Waals surface area (Å²) < 4.78 is 5.07. The van der Waals surface area contributed by atoms with E-state index in [1.165, 1.54) is 0 Å². The highest BCUT2D eigenvalue weighted by Gasteiger charge is 2.21. The van der Waals surface area contributed by atoms with Crippen LogP contribution < -0.4 is 9.80 Å². The highest BCUT2D eigenvalue weighted by atomic mass is 35.5. The number of aromatic nitrogens is 5. The van der Waals surface area contributed by atoms with Gasteiger partial charge in [-0.15, -0.1) is 0 Å². The first-order valence-electron chi connectivity index (χ1n) is 7.03. The van der Waals surface area contributed by atoms with Gasteiger partial charge in [-0.05, 0) is 29.3 Å². The zero-order valence-corrected chi connectivity index (χ0v) is 14.0. The Balaban J connectivity index is 1.67. The summed E-state index contributed by atoms with van der Waals surface area (Å²) in [6.07, 6.45) is 1.74. The summed E-state index contributed by atoms with van der Waals surface area (Å²) in [5, 5.41) is 0.199. The molecule has 2 aromatic heterocycles. The monoisotopic (exact) mass is 355 g/mol. The molecule has 0 spiro atoms. The second-order valence-corrected chi connectivity index (χ2v) is 5.59. The van der Waals surface area contributed by atoms with E-state index >= 15 is 0 Å². The van der Waals surface area contributed by atoms with Crippen molar-refractivity contribution < 1.29 is 4.74 Å². The van der Waals surface area contributed by atoms with Gasteiger partial charge in [0, 0.05) is 39.5 Å². The first-order chi connectivity index (χ1) is 11.2. The number of ether oxygens (including phenoxy) is 1. The van der Waals surface area contributed by atoms with Gasteiger partial charge in [-0.1, -0.05) is 0 Å². The fourth-order valence-corrected chi connectivity index (χ4v) is 2.71. The number of methoxy groups -OCH3 is 1. The normalized spacial score (nSPS) is 15.1. The number of nitrogens with zero attached hydrogens (tertiary/aromatic N) is 7. The molecule has 1 aliphatic heterocycles. The molecule has 0 N–H and O–H groups in total. The quantitative estimate of drug-likeness (QED) is 0.814. The maximum Gasteiger partial charge on any atom is 0.231 e. The van der Waals surface area contributed by atoms with Gasteiger partial charge in [-0.3, -0.25) is 0 Å². The van der Waals surface area contributed by atoms with Crippen molar-refractivity contribution in [1.29, 1.82) is 0 Å². The third-order valence-electron chi connectivity index (χ3n) is 3.42. The fraction of sp³-hybridized carbons (Fsp3) is 0.462. The van der Waals surface area contributed by atoms with Gasteiger partial charge in [-0.2, -0.15) is 15.0 Å². The molecule has 0 bridgehead atoms. The summed E-state index contributed by atoms with van der Waals surface area (Å²) >= 11 is 11.7. The van der Waals surface area contributed by atoms with Crippen LogP contribution in [0.4, 0.5) is 11.8 Å². The number of piperazine rings is 1. The van der Waals surface area contributed by atoms with Gasteiger partial charge in [0.2, 0.25) is 16.5 Å². The molecule has 122 valence electrons. The number of halogens is 2. The predicted molar refractivity (Wildman–Crippen MR) is 87.0 cm³/mol. The van der Waals surface area contributed by atoms with E-state index in [0.717, 1.165) is 32.0 Å². The summed E-state index contributed by atoms with van der Waals surface area (Å²) in [7, 11) is 1.62. The van der Waals surface area contributed by atoms with Crippen LogP contribution in [0.3, 0.4) is 0 Å². The van der Waals surface area contributed by atoms with Crippen molar-refractivity contribution in [3.63, 3.8) is 0 Å². The molecule has 0 aromatic carbocycles. The Kier molecular flexibility index (Phi) is 5.04. The van der Waals surface area contributed by atoms with Crippen LogP contribution in [0, 0.1) is 0 Å². The smallest absolute Gasteiger partial charge is 0.231 e. The average molecular weight is 356 g/mol. The zero-order valence-electron chi connectivity index (χ0n) is 12.5. The number of hydrogen-bond acceptors (Lipinski definition) is 8. The van der Waals surface area contributed by atoms with E-state index in [1.807, 2.05) is 11.0 Å². The molecule has 8 nitrogen and oxygen atoms in total. The van der Waals surface area contributed by atoms with Crippen LogP contribution in [0.1, 0.15) is 5.82 Å². The summed E-state index contributed by atoms with van der Waals surface area (Å²) in [5.41, 5.74) is 0. The van der Waals surface area contributed by atoms with Crippen molar-refractivity contribution in [3.8, 4) is 0 Å². The van der Waals surface area contributed by atoms with Crippen LogP contribution in [0.25, 0.3) is 0 Å². The first-order valence-corrected chi connectivity index (χ1v) is 7.79. The van der Waals surface area contributed by atoms with E-state index in [9.17, 15) is 0 Å². The second-order valence-electron chi connectivity index (χ2n) is 4.91. The molecular formula is C13H15Cl2N7O. The highest BCUT2D eigenvalue weighted by Crippen LogP contribution is 2.18. The van der Waals surface area contributed by atoms with E-state index < -0.39 is 0 Å². The number of anilines is 2. The third-order valence-corrected chi connectivity index (χ3v) is 3.76. The minimum Gasteiger partial charge on any atom is -0.377 e. The lowest BCUT2D eigenvalue weighted by Gasteiger charge is -2.35. The van der Waals surface area contributed by atoms with Gasteiger partial charge < -0.3 is 14.5 Å². The standard InChI is InChI=1S/C13H15Cl2N7O/c1-23-8-9-16-3-2-10(17-9)21-4-6-22(7-5-21)13-19-11(14)18-12(15)20-13/h2-3H,4-8H2,1H3. The Morgan fingerprint density at radius 1 is 1.00 bits per heavy atom. The van der Waals surface area contributed by atoms with Gasteiger partial charge in [0.25, 0.3) is 0 Å². The Morgan fingerprint density at radius 3 is 2.30 bits per heavy atom. The molecule has 23 heavy (non-hydrogen) atoms. The molecule has 1 aliphatic rings. The maximum atomic E-state index is 5.83. The van der Waals surface area contributed by atoms with Crippen molar-refractivity contribution in [2.45, 2.75) is 6.61 Å². The fourth-order valence-electron chi connectivity index (χ4n) is 2.36. The van der Waals surface area contributed by atoms with E-state index in [-0.39, 0.29) is 10.6 Å². The molecular weight excluding hydrogens is 341 g/mol. The molecule has 0 atom stereocenters. The van der Waals surface area contributed by atoms with E-state index in [0.29, 0.717) is 18.4 Å². The third kappa shape index (κ3) is 3.95. The summed E-state index contributed by atoms with van der Waals surface area (Å²) in [6.45, 7) is 3.44. The molecule has 0 radical (unpaired) electrons. The van der Waals surface area contributed by atoms with Gasteiger partial charge >= 0.3 is 0 Å².